The maximum atomic E-state index is 15.4. The van der Waals surface area contributed by atoms with Gasteiger partial charge in [0.15, 0.2) is 5.65 Å². The van der Waals surface area contributed by atoms with E-state index in [2.05, 4.69) is 15.1 Å². The second-order valence-corrected chi connectivity index (χ2v) is 11.5. The Morgan fingerprint density at radius 3 is 2.50 bits per heavy atom. The number of anilines is 1. The van der Waals surface area contributed by atoms with Crippen LogP contribution in [0.3, 0.4) is 0 Å². The average Bonchev–Trinajstić information content (AvgIpc) is 3.75. The number of alkyl halides is 1. The van der Waals surface area contributed by atoms with Gasteiger partial charge in [-0.2, -0.15) is 5.10 Å². The molecule has 0 bridgehead atoms. The van der Waals surface area contributed by atoms with Gasteiger partial charge in [-0.15, -0.1) is 11.3 Å². The Kier molecular flexibility index (Phi) is 6.48. The van der Waals surface area contributed by atoms with Gasteiger partial charge in [0.2, 0.25) is 0 Å². The van der Waals surface area contributed by atoms with Gasteiger partial charge in [-0.3, -0.25) is 4.79 Å². The number of carbonyl (C=O) groups excluding carboxylic acids is 1. The van der Waals surface area contributed by atoms with Crippen molar-refractivity contribution in [2.45, 2.75) is 31.3 Å². The van der Waals surface area contributed by atoms with Crippen molar-refractivity contribution < 1.29 is 23.8 Å². The van der Waals surface area contributed by atoms with Crippen LogP contribution in [0, 0.1) is 5.82 Å². The van der Waals surface area contributed by atoms with E-state index >= 15 is 8.78 Å². The fourth-order valence-electron chi connectivity index (χ4n) is 5.79. The zero-order chi connectivity index (χ0) is 29.1. The van der Waals surface area contributed by atoms with Crippen molar-refractivity contribution in [2.75, 3.05) is 24.5 Å². The highest BCUT2D eigenvalue weighted by Crippen LogP contribution is 2.38. The summed E-state index contributed by atoms with van der Waals surface area (Å²) in [5, 5.41) is 26.8. The van der Waals surface area contributed by atoms with E-state index in [4.69, 9.17) is 0 Å². The van der Waals surface area contributed by atoms with E-state index in [0.29, 0.717) is 33.3 Å². The van der Waals surface area contributed by atoms with Gasteiger partial charge in [-0.05, 0) is 42.3 Å². The van der Waals surface area contributed by atoms with Gasteiger partial charge in [-0.25, -0.2) is 23.3 Å². The minimum absolute atomic E-state index is 0.0936. The topological polar surface area (TPSA) is 107 Å². The molecule has 4 atom stereocenters. The van der Waals surface area contributed by atoms with Gasteiger partial charge in [0.25, 0.3) is 5.91 Å². The van der Waals surface area contributed by atoms with E-state index in [-0.39, 0.29) is 36.9 Å². The molecule has 2 N–H and O–H groups in total. The van der Waals surface area contributed by atoms with Crippen LogP contribution in [0.4, 0.5) is 14.5 Å². The molecule has 0 radical (unpaired) electrons. The fraction of sp³-hybridized carbons (Fsp3) is 0.267. The Morgan fingerprint density at radius 2 is 1.79 bits per heavy atom. The molecule has 2 aliphatic heterocycles. The van der Waals surface area contributed by atoms with Crippen molar-refractivity contribution in [3.8, 4) is 22.0 Å². The molecule has 3 aromatic heterocycles. The Balaban J connectivity index is 1.27. The molecule has 5 heterocycles. The largest absolute Gasteiger partial charge is 0.389 e. The van der Waals surface area contributed by atoms with Crippen molar-refractivity contribution in [1.29, 1.82) is 0 Å². The Morgan fingerprint density at radius 1 is 1.02 bits per heavy atom. The number of hydrogen-bond acceptors (Lipinski definition) is 8. The van der Waals surface area contributed by atoms with Gasteiger partial charge in [0, 0.05) is 42.0 Å². The number of benzene rings is 2. The number of β-amino-alcohol motifs (C(OH)–C–C–N with tert-alkyl or cyclic N) is 2. The van der Waals surface area contributed by atoms with Crippen molar-refractivity contribution >= 4 is 28.6 Å². The molecular weight excluding hydrogens is 562 g/mol. The van der Waals surface area contributed by atoms with Crippen LogP contribution in [-0.2, 0) is 0 Å². The summed E-state index contributed by atoms with van der Waals surface area (Å²) in [7, 11) is 0. The summed E-state index contributed by atoms with van der Waals surface area (Å²) in [4.78, 5) is 26.0. The second-order valence-electron chi connectivity index (χ2n) is 10.6. The van der Waals surface area contributed by atoms with Crippen molar-refractivity contribution in [3.05, 3.63) is 88.8 Å². The van der Waals surface area contributed by atoms with Crippen molar-refractivity contribution in [2.24, 2.45) is 0 Å². The summed E-state index contributed by atoms with van der Waals surface area (Å²) in [5.41, 5.74) is 3.35. The molecule has 214 valence electrons. The highest BCUT2D eigenvalue weighted by molar-refractivity contribution is 7.13. The van der Waals surface area contributed by atoms with Crippen molar-refractivity contribution in [3.63, 3.8) is 0 Å². The van der Waals surface area contributed by atoms with Crippen LogP contribution < -0.4 is 4.90 Å². The van der Waals surface area contributed by atoms with Crippen LogP contribution in [0.2, 0.25) is 0 Å². The Labute approximate surface area is 243 Å². The molecule has 0 aliphatic carbocycles. The number of nitrogens with zero attached hydrogens (tertiary/aromatic N) is 6. The minimum Gasteiger partial charge on any atom is -0.389 e. The maximum Gasteiger partial charge on any atom is 0.273 e. The summed E-state index contributed by atoms with van der Waals surface area (Å²) < 4.78 is 32.1. The molecule has 7 rings (SSSR count). The number of aliphatic hydroxyl groups is 2. The molecule has 0 spiro atoms. The van der Waals surface area contributed by atoms with Crippen LogP contribution in [0.5, 0.6) is 0 Å². The summed E-state index contributed by atoms with van der Waals surface area (Å²) in [6, 6.07) is 14.7. The minimum atomic E-state index is -1.32. The van der Waals surface area contributed by atoms with Gasteiger partial charge in [-0.1, -0.05) is 24.3 Å². The first-order valence-electron chi connectivity index (χ1n) is 13.5. The number of aromatic nitrogens is 4. The third-order valence-corrected chi connectivity index (χ3v) is 8.82. The van der Waals surface area contributed by atoms with Crippen LogP contribution in [0.25, 0.3) is 27.6 Å². The van der Waals surface area contributed by atoms with Gasteiger partial charge >= 0.3 is 0 Å². The molecule has 5 aromatic rings. The molecule has 42 heavy (non-hydrogen) atoms. The number of halogens is 2. The predicted molar refractivity (Wildman–Crippen MR) is 153 cm³/mol. The van der Waals surface area contributed by atoms with E-state index in [1.54, 1.807) is 52.9 Å². The molecule has 1 fully saturated rings. The number of amides is 1. The van der Waals surface area contributed by atoms with Gasteiger partial charge in [0.05, 0.1) is 30.5 Å². The van der Waals surface area contributed by atoms with Gasteiger partial charge in [0.1, 0.15) is 28.4 Å². The molecule has 1 saturated heterocycles. The molecule has 1 amide bonds. The Hall–Kier alpha value is -4.26. The number of hydrogen-bond donors (Lipinski definition) is 2. The van der Waals surface area contributed by atoms with E-state index in [1.807, 2.05) is 19.1 Å². The first-order valence-corrected chi connectivity index (χ1v) is 14.4. The third kappa shape index (κ3) is 4.42. The van der Waals surface area contributed by atoms with Gasteiger partial charge < -0.3 is 20.0 Å². The van der Waals surface area contributed by atoms with Crippen molar-refractivity contribution in [1.82, 2.24) is 24.5 Å². The molecule has 2 aliphatic rings. The summed E-state index contributed by atoms with van der Waals surface area (Å²) in [5.74, 6) is -0.957. The SMILES string of the molecule is C[C@@H]1c2ccccc2C(F)CN1C(=O)c1cc(-c2nccs2)n2nc(-c3ccc(N4C[C@@H](O)[C@H](O)C4)cc3F)cc2n1. The monoisotopic (exact) mass is 588 g/mol. The molecule has 1 unspecified atom stereocenters. The molecule has 12 heteroatoms. The quantitative estimate of drug-likeness (QED) is 0.320. The normalized spacial score (nSPS) is 22.1. The van der Waals surface area contributed by atoms with E-state index in [9.17, 15) is 15.0 Å². The summed E-state index contributed by atoms with van der Waals surface area (Å²) in [6.07, 6.45) is -1.46. The van der Waals surface area contributed by atoms with E-state index in [1.165, 1.54) is 26.8 Å². The number of aliphatic hydroxyl groups excluding tert-OH is 2. The average molecular weight is 589 g/mol. The lowest BCUT2D eigenvalue weighted by Crippen LogP contribution is -2.40. The lowest BCUT2D eigenvalue weighted by molar-refractivity contribution is 0.0572. The van der Waals surface area contributed by atoms with Crippen LogP contribution in [-0.4, -0.2) is 72.4 Å². The third-order valence-electron chi connectivity index (χ3n) is 8.02. The predicted octanol–water partition coefficient (Wildman–Crippen LogP) is 4.43. The number of carbonyl (C=O) groups is 1. The van der Waals surface area contributed by atoms with Crippen LogP contribution in [0.1, 0.15) is 40.8 Å². The van der Waals surface area contributed by atoms with Crippen LogP contribution >= 0.6 is 11.3 Å². The van der Waals surface area contributed by atoms with E-state index < -0.39 is 30.1 Å². The summed E-state index contributed by atoms with van der Waals surface area (Å²) >= 11 is 1.36. The van der Waals surface area contributed by atoms with E-state index in [0.717, 1.165) is 5.56 Å². The summed E-state index contributed by atoms with van der Waals surface area (Å²) in [6.45, 7) is 2.19. The molecular formula is C30H26F2N6O3S. The Bertz CT molecular complexity index is 1800. The first-order chi connectivity index (χ1) is 20.3. The van der Waals surface area contributed by atoms with Crippen LogP contribution in [0.15, 0.2) is 66.2 Å². The molecule has 2 aromatic carbocycles. The number of thiazole rings is 1. The zero-order valence-corrected chi connectivity index (χ0v) is 23.2. The number of rotatable bonds is 4. The highest BCUT2D eigenvalue weighted by Gasteiger charge is 2.35. The number of fused-ring (bicyclic) bond motifs is 2. The lowest BCUT2D eigenvalue weighted by Gasteiger charge is -2.36. The first kappa shape index (κ1) is 26.6. The standard InChI is InChI=1S/C30H26F2N6O3S/c1-16-18-4-2-3-5-19(18)22(32)13-37(16)30(41)24-11-25(29-33-8-9-42-29)38-28(34-24)12-23(35-38)20-7-6-17(10-21(20)31)36-14-26(39)27(40)15-36/h2-12,16,22,26-27,39-40H,13-15H2,1H3/t16-,22?,26-,27-/m1/s1. The highest BCUT2D eigenvalue weighted by atomic mass is 32.1. The molecule has 9 nitrogen and oxygen atoms in total. The maximum absolute atomic E-state index is 15.4. The zero-order valence-electron chi connectivity index (χ0n) is 22.4. The second kappa shape index (κ2) is 10.2. The fourth-order valence-corrected chi connectivity index (χ4v) is 6.42. The molecule has 0 saturated carbocycles. The smallest absolute Gasteiger partial charge is 0.273 e. The lowest BCUT2D eigenvalue weighted by atomic mass is 9.92.